The van der Waals surface area contributed by atoms with Crippen molar-refractivity contribution in [3.63, 3.8) is 0 Å². The second-order valence-corrected chi connectivity index (χ2v) is 6.59. The fraction of sp³-hybridized carbons (Fsp3) is 0.368. The summed E-state index contributed by atoms with van der Waals surface area (Å²) in [5.41, 5.74) is 1.02. The Balaban J connectivity index is 1.36. The zero-order valence-corrected chi connectivity index (χ0v) is 14.0. The van der Waals surface area contributed by atoms with Crippen LogP contribution >= 0.6 is 0 Å². The maximum atomic E-state index is 11.5. The van der Waals surface area contributed by atoms with Crippen LogP contribution in [0, 0.1) is 5.92 Å². The minimum absolute atomic E-state index is 0.0946. The molecule has 0 aliphatic carbocycles. The minimum atomic E-state index is -0.490. The number of hydrogen-bond donors (Lipinski definition) is 1. The van der Waals surface area contributed by atoms with E-state index >= 15 is 0 Å². The first kappa shape index (κ1) is 15.7. The Morgan fingerprint density at radius 3 is 2.72 bits per heavy atom. The molecule has 0 unspecified atom stereocenters. The molecule has 0 radical (unpaired) electrons. The van der Waals surface area contributed by atoms with E-state index in [2.05, 4.69) is 27.5 Å². The molecule has 4 rings (SSSR count). The van der Waals surface area contributed by atoms with E-state index in [0.717, 1.165) is 55.3 Å². The van der Waals surface area contributed by atoms with Gasteiger partial charge in [0.15, 0.2) is 6.26 Å². The van der Waals surface area contributed by atoms with Crippen molar-refractivity contribution in [2.75, 3.05) is 18.0 Å². The summed E-state index contributed by atoms with van der Waals surface area (Å²) in [5.74, 6) is 0.983. The molecule has 3 heterocycles. The monoisotopic (exact) mass is 339 g/mol. The Kier molecular flexibility index (Phi) is 4.17. The molecule has 130 valence electrons. The summed E-state index contributed by atoms with van der Waals surface area (Å²) in [5, 5.41) is 10.7. The molecule has 3 aromatic rings. The Hall–Kier alpha value is -2.76. The maximum absolute atomic E-state index is 11.5. The number of rotatable bonds is 4. The predicted molar refractivity (Wildman–Crippen MR) is 95.9 cm³/mol. The summed E-state index contributed by atoms with van der Waals surface area (Å²) in [6.07, 6.45) is 4.08. The van der Waals surface area contributed by atoms with Crippen molar-refractivity contribution in [2.24, 2.45) is 5.92 Å². The van der Waals surface area contributed by atoms with E-state index in [1.54, 1.807) is 0 Å². The summed E-state index contributed by atoms with van der Waals surface area (Å²) < 4.78 is 5.98. The van der Waals surface area contributed by atoms with Crippen LogP contribution in [0.5, 0.6) is 5.88 Å². The topological polar surface area (TPSA) is 71.5 Å². The number of para-hydroxylation sites is 1. The molecule has 1 aromatic carbocycles. The largest absolute Gasteiger partial charge is 0.492 e. The first-order chi connectivity index (χ1) is 12.2. The van der Waals surface area contributed by atoms with Gasteiger partial charge in [-0.25, -0.2) is 14.3 Å². The van der Waals surface area contributed by atoms with Gasteiger partial charge in [-0.15, -0.1) is 0 Å². The van der Waals surface area contributed by atoms with Gasteiger partial charge in [0.05, 0.1) is 5.52 Å². The van der Waals surface area contributed by atoms with Crippen molar-refractivity contribution >= 4 is 16.7 Å². The second kappa shape index (κ2) is 6.63. The summed E-state index contributed by atoms with van der Waals surface area (Å²) in [6.45, 7) is 2.42. The van der Waals surface area contributed by atoms with E-state index in [0.29, 0.717) is 12.5 Å². The van der Waals surface area contributed by atoms with Crippen molar-refractivity contribution in [3.05, 3.63) is 53.2 Å². The van der Waals surface area contributed by atoms with Gasteiger partial charge in [-0.05, 0) is 43.4 Å². The molecule has 0 bridgehead atoms. The molecule has 0 atom stereocenters. The van der Waals surface area contributed by atoms with Gasteiger partial charge >= 0.3 is 5.76 Å². The molecule has 1 saturated heterocycles. The fourth-order valence-electron chi connectivity index (χ4n) is 3.52. The van der Waals surface area contributed by atoms with Crippen LogP contribution < -0.4 is 10.7 Å². The summed E-state index contributed by atoms with van der Waals surface area (Å²) in [4.78, 5) is 18.6. The van der Waals surface area contributed by atoms with Gasteiger partial charge in [0.25, 0.3) is 0 Å². The van der Waals surface area contributed by atoms with E-state index in [1.807, 2.05) is 18.2 Å². The van der Waals surface area contributed by atoms with Crippen molar-refractivity contribution in [1.82, 2.24) is 9.55 Å². The Morgan fingerprint density at radius 1 is 1.16 bits per heavy atom. The summed E-state index contributed by atoms with van der Waals surface area (Å²) >= 11 is 0. The van der Waals surface area contributed by atoms with Gasteiger partial charge in [0.2, 0.25) is 5.88 Å². The van der Waals surface area contributed by atoms with Crippen LogP contribution in [-0.4, -0.2) is 27.7 Å². The molecular weight excluding hydrogens is 318 g/mol. The van der Waals surface area contributed by atoms with Crippen molar-refractivity contribution < 1.29 is 9.52 Å². The number of aromatic hydroxyl groups is 1. The van der Waals surface area contributed by atoms with Gasteiger partial charge in [0, 0.05) is 25.0 Å². The standard InChI is InChI=1S/C19H21N3O3/c23-18-13-25-19(24)22(18)12-9-14-7-10-21(11-8-14)17-6-5-15-3-1-2-4-16(15)20-17/h1-6,13-14,23H,7-12H2. The molecule has 6 nitrogen and oxygen atoms in total. The Labute approximate surface area is 145 Å². The Morgan fingerprint density at radius 2 is 1.96 bits per heavy atom. The minimum Gasteiger partial charge on any atom is -0.492 e. The molecule has 0 saturated carbocycles. The molecule has 1 aliphatic heterocycles. The highest BCUT2D eigenvalue weighted by Gasteiger charge is 2.21. The quantitative estimate of drug-likeness (QED) is 0.791. The fourth-order valence-corrected chi connectivity index (χ4v) is 3.52. The molecule has 1 N–H and O–H groups in total. The number of piperidine rings is 1. The SMILES string of the molecule is O=c1occ(O)n1CCC1CCN(c2ccc3ccccc3n2)CC1. The molecule has 0 spiro atoms. The third-order valence-corrected chi connectivity index (χ3v) is 5.05. The van der Waals surface area contributed by atoms with E-state index in [1.165, 1.54) is 4.57 Å². The summed E-state index contributed by atoms with van der Waals surface area (Å²) in [6, 6.07) is 12.4. The number of nitrogens with zero attached hydrogens (tertiary/aromatic N) is 3. The average Bonchev–Trinajstić information content (AvgIpc) is 2.98. The summed E-state index contributed by atoms with van der Waals surface area (Å²) in [7, 11) is 0. The van der Waals surface area contributed by atoms with E-state index in [-0.39, 0.29) is 5.88 Å². The molecule has 1 fully saturated rings. The maximum Gasteiger partial charge on any atom is 0.421 e. The average molecular weight is 339 g/mol. The zero-order valence-electron chi connectivity index (χ0n) is 14.0. The zero-order chi connectivity index (χ0) is 17.2. The van der Waals surface area contributed by atoms with Crippen molar-refractivity contribution in [3.8, 4) is 5.88 Å². The predicted octanol–water partition coefficient (Wildman–Crippen LogP) is 3.00. The molecule has 0 amide bonds. The van der Waals surface area contributed by atoms with Crippen LogP contribution in [0.3, 0.4) is 0 Å². The molecular formula is C19H21N3O3. The second-order valence-electron chi connectivity index (χ2n) is 6.59. The van der Waals surface area contributed by atoms with Crippen LogP contribution in [-0.2, 0) is 6.54 Å². The van der Waals surface area contributed by atoms with Crippen LogP contribution in [0.2, 0.25) is 0 Å². The molecule has 25 heavy (non-hydrogen) atoms. The highest BCUT2D eigenvalue weighted by Crippen LogP contribution is 2.26. The Bertz CT molecular complexity index is 923. The molecule has 2 aromatic heterocycles. The van der Waals surface area contributed by atoms with Gasteiger partial charge in [-0.2, -0.15) is 0 Å². The normalized spacial score (nSPS) is 15.8. The van der Waals surface area contributed by atoms with E-state index < -0.39 is 5.76 Å². The molecule has 6 heteroatoms. The highest BCUT2D eigenvalue weighted by molar-refractivity contribution is 5.80. The lowest BCUT2D eigenvalue weighted by Crippen LogP contribution is -2.34. The highest BCUT2D eigenvalue weighted by atomic mass is 16.4. The lowest BCUT2D eigenvalue weighted by Gasteiger charge is -2.33. The first-order valence-electron chi connectivity index (χ1n) is 8.69. The van der Waals surface area contributed by atoms with E-state index in [9.17, 15) is 9.90 Å². The number of oxazole rings is 1. The van der Waals surface area contributed by atoms with Crippen molar-refractivity contribution in [2.45, 2.75) is 25.8 Å². The van der Waals surface area contributed by atoms with E-state index in [4.69, 9.17) is 4.98 Å². The third-order valence-electron chi connectivity index (χ3n) is 5.05. The van der Waals surface area contributed by atoms with Gasteiger partial charge < -0.3 is 14.4 Å². The van der Waals surface area contributed by atoms with Gasteiger partial charge in [0.1, 0.15) is 5.82 Å². The van der Waals surface area contributed by atoms with Gasteiger partial charge in [-0.1, -0.05) is 18.2 Å². The van der Waals surface area contributed by atoms with Crippen molar-refractivity contribution in [1.29, 1.82) is 0 Å². The van der Waals surface area contributed by atoms with Crippen LogP contribution in [0.4, 0.5) is 5.82 Å². The first-order valence-corrected chi connectivity index (χ1v) is 8.69. The van der Waals surface area contributed by atoms with Crippen LogP contribution in [0.1, 0.15) is 19.3 Å². The lowest BCUT2D eigenvalue weighted by molar-refractivity contribution is 0.337. The lowest BCUT2D eigenvalue weighted by atomic mass is 9.93. The number of aromatic nitrogens is 2. The van der Waals surface area contributed by atoms with Gasteiger partial charge in [-0.3, -0.25) is 0 Å². The number of fused-ring (bicyclic) bond motifs is 1. The number of pyridine rings is 1. The smallest absolute Gasteiger partial charge is 0.421 e. The van der Waals surface area contributed by atoms with Crippen LogP contribution in [0.15, 0.2) is 51.9 Å². The number of anilines is 1. The third kappa shape index (κ3) is 3.24. The number of hydrogen-bond acceptors (Lipinski definition) is 5. The van der Waals surface area contributed by atoms with Crippen LogP contribution in [0.25, 0.3) is 10.9 Å². The molecule has 1 aliphatic rings. The number of benzene rings is 1.